The molecular weight excluding hydrogens is 191 g/mol. The van der Waals surface area contributed by atoms with Crippen LogP contribution in [-0.2, 0) is 5.54 Å². The zero-order valence-corrected chi connectivity index (χ0v) is 7.77. The predicted octanol–water partition coefficient (Wildman–Crippen LogP) is 2.18. The largest absolute Gasteiger partial charge is 0.310 e. The van der Waals surface area contributed by atoms with E-state index in [0.29, 0.717) is 5.56 Å². The molecule has 0 radical (unpaired) electrons. The number of hydrogen-bond acceptors (Lipinski definition) is 2. The second-order valence-electron chi connectivity index (χ2n) is 2.94. The van der Waals surface area contributed by atoms with Gasteiger partial charge in [-0.15, -0.1) is 0 Å². The van der Waals surface area contributed by atoms with E-state index in [0.717, 1.165) is 6.07 Å². The van der Waals surface area contributed by atoms with Crippen molar-refractivity contribution >= 4 is 11.6 Å². The first-order chi connectivity index (χ1) is 5.97. The van der Waals surface area contributed by atoms with E-state index in [-0.39, 0.29) is 5.02 Å². The quantitative estimate of drug-likeness (QED) is 0.752. The number of halogens is 2. The molecule has 4 heteroatoms. The molecule has 0 amide bonds. The lowest BCUT2D eigenvalue weighted by molar-refractivity contribution is 0.616. The molecule has 0 spiro atoms. The molecule has 0 aliphatic carbocycles. The zero-order chi connectivity index (χ0) is 10.1. The van der Waals surface area contributed by atoms with Gasteiger partial charge in [-0.25, -0.2) is 4.39 Å². The summed E-state index contributed by atoms with van der Waals surface area (Å²) < 4.78 is 12.6. The number of benzene rings is 1. The molecule has 1 aromatic rings. The maximum absolute atomic E-state index is 12.6. The van der Waals surface area contributed by atoms with Crippen molar-refractivity contribution in [2.75, 3.05) is 0 Å². The first-order valence-electron chi connectivity index (χ1n) is 3.63. The highest BCUT2D eigenvalue weighted by atomic mass is 35.5. The highest BCUT2D eigenvalue weighted by Gasteiger charge is 2.23. The Hall–Kier alpha value is -1.11. The van der Waals surface area contributed by atoms with Crippen LogP contribution in [0.1, 0.15) is 12.5 Å². The van der Waals surface area contributed by atoms with Gasteiger partial charge < -0.3 is 5.73 Å². The van der Waals surface area contributed by atoms with Crippen molar-refractivity contribution < 1.29 is 4.39 Å². The maximum Gasteiger partial charge on any atom is 0.128 e. The van der Waals surface area contributed by atoms with E-state index < -0.39 is 11.4 Å². The van der Waals surface area contributed by atoms with E-state index in [2.05, 4.69) is 0 Å². The second-order valence-corrected chi connectivity index (χ2v) is 3.35. The third kappa shape index (κ3) is 1.97. The Labute approximate surface area is 80.7 Å². The molecule has 1 atom stereocenters. The average molecular weight is 199 g/mol. The highest BCUT2D eigenvalue weighted by molar-refractivity contribution is 6.31. The number of hydrogen-bond donors (Lipinski definition) is 1. The van der Waals surface area contributed by atoms with Crippen LogP contribution in [0.25, 0.3) is 0 Å². The van der Waals surface area contributed by atoms with Crippen LogP contribution in [0.5, 0.6) is 0 Å². The lowest BCUT2D eigenvalue weighted by Crippen LogP contribution is -2.31. The van der Waals surface area contributed by atoms with Gasteiger partial charge in [0.05, 0.1) is 6.07 Å². The maximum atomic E-state index is 12.6. The van der Waals surface area contributed by atoms with Crippen molar-refractivity contribution in [1.82, 2.24) is 0 Å². The molecule has 0 saturated heterocycles. The molecule has 68 valence electrons. The van der Waals surface area contributed by atoms with Crippen molar-refractivity contribution in [2.45, 2.75) is 12.5 Å². The standard InChI is InChI=1S/C9H8ClFN2/c1-9(13,5-12)7-3-2-6(11)4-8(7)10/h2-4H,13H2,1H3. The van der Waals surface area contributed by atoms with Crippen LogP contribution < -0.4 is 5.73 Å². The summed E-state index contributed by atoms with van der Waals surface area (Å²) in [5.74, 6) is -0.442. The zero-order valence-electron chi connectivity index (χ0n) is 7.01. The third-order valence-corrected chi connectivity index (χ3v) is 2.04. The Morgan fingerprint density at radius 3 is 2.69 bits per heavy atom. The Morgan fingerprint density at radius 2 is 2.23 bits per heavy atom. The lowest BCUT2D eigenvalue weighted by Gasteiger charge is -2.16. The smallest absolute Gasteiger partial charge is 0.128 e. The second kappa shape index (κ2) is 3.33. The normalized spacial score (nSPS) is 14.7. The molecule has 0 aliphatic rings. The first-order valence-corrected chi connectivity index (χ1v) is 4.01. The molecule has 0 aromatic heterocycles. The molecule has 0 saturated carbocycles. The van der Waals surface area contributed by atoms with Crippen molar-refractivity contribution in [3.05, 3.63) is 34.6 Å². The van der Waals surface area contributed by atoms with Gasteiger partial charge in [0, 0.05) is 10.6 Å². The average Bonchev–Trinajstić information content (AvgIpc) is 2.03. The summed E-state index contributed by atoms with van der Waals surface area (Å²) in [5.41, 5.74) is 4.87. The summed E-state index contributed by atoms with van der Waals surface area (Å²) >= 11 is 5.72. The molecule has 1 rings (SSSR count). The van der Waals surface area contributed by atoms with Gasteiger partial charge >= 0.3 is 0 Å². The van der Waals surface area contributed by atoms with E-state index in [1.165, 1.54) is 19.1 Å². The first kappa shape index (κ1) is 9.97. The van der Waals surface area contributed by atoms with Crippen molar-refractivity contribution in [3.8, 4) is 6.07 Å². The molecule has 1 unspecified atom stereocenters. The summed E-state index contributed by atoms with van der Waals surface area (Å²) in [6.07, 6.45) is 0. The van der Waals surface area contributed by atoms with Gasteiger partial charge in [-0.05, 0) is 19.1 Å². The molecule has 2 N–H and O–H groups in total. The minimum atomic E-state index is -1.18. The third-order valence-electron chi connectivity index (χ3n) is 1.72. The molecule has 13 heavy (non-hydrogen) atoms. The minimum Gasteiger partial charge on any atom is -0.310 e. The SMILES string of the molecule is CC(N)(C#N)c1ccc(F)cc1Cl. The monoisotopic (exact) mass is 198 g/mol. The Kier molecular flexibility index (Phi) is 2.55. The summed E-state index contributed by atoms with van der Waals surface area (Å²) in [7, 11) is 0. The summed E-state index contributed by atoms with van der Waals surface area (Å²) in [6, 6.07) is 5.67. The fraction of sp³-hybridized carbons (Fsp3) is 0.222. The fourth-order valence-electron chi connectivity index (χ4n) is 0.971. The van der Waals surface area contributed by atoms with Crippen molar-refractivity contribution in [3.63, 3.8) is 0 Å². The van der Waals surface area contributed by atoms with Gasteiger partial charge in [0.15, 0.2) is 0 Å². The van der Waals surface area contributed by atoms with Crippen LogP contribution in [0.15, 0.2) is 18.2 Å². The van der Waals surface area contributed by atoms with Crippen LogP contribution in [0.4, 0.5) is 4.39 Å². The van der Waals surface area contributed by atoms with Crippen molar-refractivity contribution in [1.29, 1.82) is 5.26 Å². The van der Waals surface area contributed by atoms with Crippen LogP contribution >= 0.6 is 11.6 Å². The Morgan fingerprint density at radius 1 is 1.62 bits per heavy atom. The Bertz CT molecular complexity index is 368. The van der Waals surface area contributed by atoms with Crippen molar-refractivity contribution in [2.24, 2.45) is 5.73 Å². The molecule has 0 bridgehead atoms. The molecule has 1 aromatic carbocycles. The Balaban J connectivity index is 3.26. The van der Waals surface area contributed by atoms with Gasteiger partial charge in [0.1, 0.15) is 11.4 Å². The number of nitrogens with two attached hydrogens (primary N) is 1. The number of nitriles is 1. The van der Waals surface area contributed by atoms with Gasteiger partial charge in [0.25, 0.3) is 0 Å². The van der Waals surface area contributed by atoms with E-state index in [9.17, 15) is 4.39 Å². The van der Waals surface area contributed by atoms with Gasteiger partial charge in [0.2, 0.25) is 0 Å². The van der Waals surface area contributed by atoms with Crippen LogP contribution in [-0.4, -0.2) is 0 Å². The van der Waals surface area contributed by atoms with Gasteiger partial charge in [-0.1, -0.05) is 17.7 Å². The molecule has 0 aliphatic heterocycles. The van der Waals surface area contributed by atoms with Gasteiger partial charge in [-0.3, -0.25) is 0 Å². The molecule has 0 heterocycles. The number of rotatable bonds is 1. The van der Waals surface area contributed by atoms with Crippen LogP contribution in [0, 0.1) is 17.1 Å². The van der Waals surface area contributed by atoms with Gasteiger partial charge in [-0.2, -0.15) is 5.26 Å². The van der Waals surface area contributed by atoms with E-state index in [4.69, 9.17) is 22.6 Å². The van der Waals surface area contributed by atoms with E-state index in [1.807, 2.05) is 6.07 Å². The van der Waals surface area contributed by atoms with Crippen LogP contribution in [0.2, 0.25) is 5.02 Å². The topological polar surface area (TPSA) is 49.8 Å². The molecule has 2 nitrogen and oxygen atoms in total. The summed E-state index contributed by atoms with van der Waals surface area (Å²) in [6.45, 7) is 1.52. The predicted molar refractivity (Wildman–Crippen MR) is 48.6 cm³/mol. The minimum absolute atomic E-state index is 0.173. The van der Waals surface area contributed by atoms with E-state index >= 15 is 0 Å². The van der Waals surface area contributed by atoms with Crippen LogP contribution in [0.3, 0.4) is 0 Å². The lowest BCUT2D eigenvalue weighted by atomic mass is 9.95. The molecular formula is C9H8ClFN2. The highest BCUT2D eigenvalue weighted by Crippen LogP contribution is 2.25. The molecule has 0 fully saturated rings. The van der Waals surface area contributed by atoms with E-state index in [1.54, 1.807) is 0 Å². The fourth-order valence-corrected chi connectivity index (χ4v) is 1.33. The summed E-state index contributed by atoms with van der Waals surface area (Å²) in [5, 5.41) is 8.89. The number of nitrogens with zero attached hydrogens (tertiary/aromatic N) is 1. The summed E-state index contributed by atoms with van der Waals surface area (Å²) in [4.78, 5) is 0.